The van der Waals surface area contributed by atoms with Crippen LogP contribution in [0.1, 0.15) is 53.5 Å². The van der Waals surface area contributed by atoms with E-state index in [2.05, 4.69) is 10.3 Å². The zero-order chi connectivity index (χ0) is 28.7. The maximum Gasteiger partial charge on any atom is 0.332 e. The number of fused-ring (bicyclic) bond motifs is 4. The molecular weight excluding hydrogens is 540 g/mol. The molecule has 2 aliphatic rings. The second-order valence-corrected chi connectivity index (χ2v) is 11.1. The zero-order valence-corrected chi connectivity index (χ0v) is 23.6. The lowest BCUT2D eigenvalue weighted by atomic mass is 9.89. The number of carbonyl (C=O) groups excluding carboxylic acids is 3. The van der Waals surface area contributed by atoms with Gasteiger partial charge in [0.15, 0.2) is 0 Å². The summed E-state index contributed by atoms with van der Waals surface area (Å²) in [6, 6.07) is 20.3. The van der Waals surface area contributed by atoms with Crippen molar-refractivity contribution in [3.63, 3.8) is 0 Å². The highest BCUT2D eigenvalue weighted by molar-refractivity contribution is 6.30. The number of para-hydroxylation sites is 2. The number of aromatic amines is 1. The molecule has 0 saturated carbocycles. The largest absolute Gasteiger partial charge is 0.379 e. The molecule has 0 unspecified atom stereocenters. The zero-order valence-electron chi connectivity index (χ0n) is 22.9. The Hall–Kier alpha value is -4.14. The number of nitrogens with one attached hydrogen (secondary N) is 2. The van der Waals surface area contributed by atoms with Crippen LogP contribution in [0.5, 0.6) is 0 Å². The van der Waals surface area contributed by atoms with E-state index in [1.807, 2.05) is 56.3 Å². The van der Waals surface area contributed by atoms with E-state index >= 15 is 0 Å². The molecule has 6 rings (SSSR count). The molecule has 4 amide bonds. The molecule has 1 fully saturated rings. The minimum atomic E-state index is -0.734. The van der Waals surface area contributed by atoms with Gasteiger partial charge in [0.1, 0.15) is 12.1 Å². The molecule has 0 spiro atoms. The van der Waals surface area contributed by atoms with Crippen molar-refractivity contribution in [2.24, 2.45) is 0 Å². The normalized spacial score (nSPS) is 18.2. The van der Waals surface area contributed by atoms with Crippen LogP contribution in [0.15, 0.2) is 72.8 Å². The summed E-state index contributed by atoms with van der Waals surface area (Å²) in [5.41, 5.74) is 4.15. The summed E-state index contributed by atoms with van der Waals surface area (Å²) < 4.78 is 5.55. The lowest BCUT2D eigenvalue weighted by Gasteiger charge is -2.36. The number of hydrogen-bond acceptors (Lipinski definition) is 4. The van der Waals surface area contributed by atoms with E-state index in [-0.39, 0.29) is 29.2 Å². The van der Waals surface area contributed by atoms with Crippen LogP contribution in [-0.4, -0.2) is 53.0 Å². The highest BCUT2D eigenvalue weighted by Gasteiger charge is 2.53. The summed E-state index contributed by atoms with van der Waals surface area (Å²) in [6.45, 7) is 4.86. The summed E-state index contributed by atoms with van der Waals surface area (Å²) >= 11 is 6.39. The van der Waals surface area contributed by atoms with Gasteiger partial charge in [0.2, 0.25) is 0 Å². The van der Waals surface area contributed by atoms with Crippen LogP contribution < -0.4 is 10.2 Å². The Morgan fingerprint density at radius 2 is 1.85 bits per heavy atom. The standard InChI is InChI=1S/C32H31ClN4O4/c1-19(2)41-16-8-15-34-30(38)23-12-4-6-14-26(23)37-31(39)27-18-24-22-11-3-5-13-25(22)35-28(24)29(36(27)32(37)40)20-9-7-10-21(33)17-20/h3-7,9-14,17,19,27,29,35H,8,15-16,18H2,1-2H3,(H,34,38)/t27-,29-/m0/s1. The molecule has 3 aromatic carbocycles. The van der Waals surface area contributed by atoms with Crippen LogP contribution in [0.25, 0.3) is 10.9 Å². The lowest BCUT2D eigenvalue weighted by molar-refractivity contribution is -0.120. The third-order valence-corrected chi connectivity index (χ3v) is 7.90. The Balaban J connectivity index is 1.36. The number of carbonyl (C=O) groups is 3. The molecular formula is C32H31ClN4O4. The van der Waals surface area contributed by atoms with E-state index in [9.17, 15) is 14.4 Å². The van der Waals surface area contributed by atoms with Crippen LogP contribution in [-0.2, 0) is 16.0 Å². The number of benzene rings is 3. The first-order valence-corrected chi connectivity index (χ1v) is 14.2. The fourth-order valence-electron chi connectivity index (χ4n) is 5.87. The van der Waals surface area contributed by atoms with Gasteiger partial charge in [-0.05, 0) is 61.7 Å². The summed E-state index contributed by atoms with van der Waals surface area (Å²) in [7, 11) is 0. The number of halogens is 1. The maximum absolute atomic E-state index is 14.2. The average molecular weight is 571 g/mol. The quantitative estimate of drug-likeness (QED) is 0.205. The second kappa shape index (κ2) is 11.0. The van der Waals surface area contributed by atoms with Crippen molar-refractivity contribution in [2.75, 3.05) is 18.1 Å². The number of nitrogens with zero attached hydrogens (tertiary/aromatic N) is 2. The molecule has 2 atom stereocenters. The van der Waals surface area contributed by atoms with Gasteiger partial charge in [-0.25, -0.2) is 9.69 Å². The van der Waals surface area contributed by atoms with Crippen molar-refractivity contribution in [1.82, 2.24) is 15.2 Å². The van der Waals surface area contributed by atoms with E-state index in [0.717, 1.165) is 32.6 Å². The number of aromatic nitrogens is 1. The number of amides is 4. The fourth-order valence-corrected chi connectivity index (χ4v) is 6.07. The van der Waals surface area contributed by atoms with Gasteiger partial charge in [-0.2, -0.15) is 0 Å². The number of ether oxygens (including phenoxy) is 1. The predicted octanol–water partition coefficient (Wildman–Crippen LogP) is 5.85. The third kappa shape index (κ3) is 4.87. The molecule has 1 saturated heterocycles. The van der Waals surface area contributed by atoms with Gasteiger partial charge in [-0.15, -0.1) is 0 Å². The van der Waals surface area contributed by atoms with Crippen LogP contribution in [0.4, 0.5) is 10.5 Å². The Morgan fingerprint density at radius 1 is 1.07 bits per heavy atom. The summed E-state index contributed by atoms with van der Waals surface area (Å²) in [5, 5.41) is 4.46. The minimum Gasteiger partial charge on any atom is -0.379 e. The number of rotatable bonds is 8. The second-order valence-electron chi connectivity index (χ2n) is 10.6. The molecule has 3 heterocycles. The first-order chi connectivity index (χ1) is 19.8. The summed E-state index contributed by atoms with van der Waals surface area (Å²) in [4.78, 5) is 47.8. The van der Waals surface area contributed by atoms with Crippen molar-refractivity contribution in [3.8, 4) is 0 Å². The number of imide groups is 1. The molecule has 0 radical (unpaired) electrons. The first-order valence-electron chi connectivity index (χ1n) is 13.8. The summed E-state index contributed by atoms with van der Waals surface area (Å²) in [6.07, 6.45) is 1.13. The van der Waals surface area contributed by atoms with Gasteiger partial charge in [0.25, 0.3) is 11.8 Å². The van der Waals surface area contributed by atoms with E-state index in [1.54, 1.807) is 35.2 Å². The smallest absolute Gasteiger partial charge is 0.332 e. The molecule has 2 N–H and O–H groups in total. The highest BCUT2D eigenvalue weighted by atomic mass is 35.5. The third-order valence-electron chi connectivity index (χ3n) is 7.66. The van der Waals surface area contributed by atoms with Gasteiger partial charge in [-0.3, -0.25) is 14.5 Å². The van der Waals surface area contributed by atoms with Gasteiger partial charge in [0.05, 0.1) is 17.4 Å². The van der Waals surface area contributed by atoms with Gasteiger partial charge in [-0.1, -0.05) is 54.1 Å². The minimum absolute atomic E-state index is 0.118. The Kier molecular flexibility index (Phi) is 7.28. The van der Waals surface area contributed by atoms with Crippen LogP contribution in [0.3, 0.4) is 0 Å². The predicted molar refractivity (Wildman–Crippen MR) is 158 cm³/mol. The SMILES string of the molecule is CC(C)OCCCNC(=O)c1ccccc1N1C(=O)[C@@H]2Cc3c([nH]c4ccccc34)[C@H](c3cccc(Cl)c3)N2C1=O. The Bertz CT molecular complexity index is 1650. The molecule has 0 bridgehead atoms. The Labute approximate surface area is 243 Å². The maximum atomic E-state index is 14.2. The molecule has 9 heteroatoms. The lowest BCUT2D eigenvalue weighted by Crippen LogP contribution is -2.44. The van der Waals surface area contributed by atoms with E-state index in [4.69, 9.17) is 16.3 Å². The molecule has 41 heavy (non-hydrogen) atoms. The topological polar surface area (TPSA) is 94.7 Å². The Morgan fingerprint density at radius 3 is 2.66 bits per heavy atom. The number of hydrogen-bond donors (Lipinski definition) is 2. The molecule has 1 aromatic heterocycles. The van der Waals surface area contributed by atoms with Crippen LogP contribution in [0, 0.1) is 0 Å². The average Bonchev–Trinajstić information content (AvgIpc) is 3.45. The molecule has 2 aliphatic heterocycles. The van der Waals surface area contributed by atoms with Crippen molar-refractivity contribution in [2.45, 2.75) is 44.9 Å². The number of H-pyrrole nitrogens is 1. The van der Waals surface area contributed by atoms with E-state index in [1.165, 1.54) is 0 Å². The van der Waals surface area contributed by atoms with Gasteiger partial charge < -0.3 is 15.0 Å². The van der Waals surface area contributed by atoms with Crippen molar-refractivity contribution in [1.29, 1.82) is 0 Å². The van der Waals surface area contributed by atoms with Crippen molar-refractivity contribution < 1.29 is 19.1 Å². The number of anilines is 1. The van der Waals surface area contributed by atoms with Crippen molar-refractivity contribution >= 4 is 46.0 Å². The molecule has 4 aromatic rings. The van der Waals surface area contributed by atoms with Gasteiger partial charge in [0, 0.05) is 41.2 Å². The summed E-state index contributed by atoms with van der Waals surface area (Å²) in [5.74, 6) is -0.707. The molecule has 0 aliphatic carbocycles. The van der Waals surface area contributed by atoms with E-state index < -0.39 is 18.1 Å². The van der Waals surface area contributed by atoms with Crippen LogP contribution in [0.2, 0.25) is 5.02 Å². The van der Waals surface area contributed by atoms with Crippen molar-refractivity contribution in [3.05, 3.63) is 100 Å². The van der Waals surface area contributed by atoms with Crippen LogP contribution >= 0.6 is 11.6 Å². The van der Waals surface area contributed by atoms with Gasteiger partial charge >= 0.3 is 6.03 Å². The highest BCUT2D eigenvalue weighted by Crippen LogP contribution is 2.45. The molecule has 8 nitrogen and oxygen atoms in total. The fraction of sp³-hybridized carbons (Fsp3) is 0.281. The first kappa shape index (κ1) is 27.1. The monoisotopic (exact) mass is 570 g/mol. The van der Waals surface area contributed by atoms with E-state index in [0.29, 0.717) is 31.0 Å². The number of urea groups is 1. The molecule has 210 valence electrons.